The highest BCUT2D eigenvalue weighted by Gasteiger charge is 2.29. The Hall–Kier alpha value is -2.70. The smallest absolute Gasteiger partial charge is 0.392 e. The molecule has 0 unspecified atom stereocenters. The van der Waals surface area contributed by atoms with Crippen molar-refractivity contribution in [2.75, 3.05) is 13.1 Å². The largest absolute Gasteiger partial charge is 0.434 e. The van der Waals surface area contributed by atoms with Crippen LogP contribution in [0.4, 0.5) is 0 Å². The van der Waals surface area contributed by atoms with E-state index in [1.165, 1.54) is 0 Å². The maximum atomic E-state index is 12.9. The SMILES string of the molecule is O=C1CCc2cccc(C(=O)N3CCC(c4n[nH]c(=O)o4)CC3)c2C1. The molecule has 130 valence electrons. The maximum absolute atomic E-state index is 12.9. The van der Waals surface area contributed by atoms with Crippen LogP contribution in [-0.2, 0) is 17.6 Å². The van der Waals surface area contributed by atoms with Gasteiger partial charge in [-0.05, 0) is 36.5 Å². The number of ketones is 1. The third kappa shape index (κ3) is 3.01. The molecule has 0 saturated carbocycles. The number of carbonyl (C=O) groups is 2. The van der Waals surface area contributed by atoms with Crippen molar-refractivity contribution in [3.8, 4) is 0 Å². The molecule has 2 aliphatic rings. The van der Waals surface area contributed by atoms with E-state index >= 15 is 0 Å². The summed E-state index contributed by atoms with van der Waals surface area (Å²) in [6.45, 7) is 1.16. The van der Waals surface area contributed by atoms with Gasteiger partial charge in [-0.25, -0.2) is 9.89 Å². The summed E-state index contributed by atoms with van der Waals surface area (Å²) >= 11 is 0. The van der Waals surface area contributed by atoms with E-state index in [-0.39, 0.29) is 17.6 Å². The summed E-state index contributed by atoms with van der Waals surface area (Å²) in [5.74, 6) is 0.0941. The fourth-order valence-electron chi connectivity index (χ4n) is 3.75. The van der Waals surface area contributed by atoms with Gasteiger partial charge in [0.1, 0.15) is 5.78 Å². The Kier molecular flexibility index (Phi) is 3.99. The summed E-state index contributed by atoms with van der Waals surface area (Å²) < 4.78 is 5.03. The minimum Gasteiger partial charge on any atom is -0.392 e. The number of rotatable bonds is 2. The maximum Gasteiger partial charge on any atom is 0.434 e. The molecule has 25 heavy (non-hydrogen) atoms. The van der Waals surface area contributed by atoms with Gasteiger partial charge in [0, 0.05) is 37.4 Å². The Balaban J connectivity index is 1.50. The number of hydrogen-bond donors (Lipinski definition) is 1. The van der Waals surface area contributed by atoms with Gasteiger partial charge in [-0.3, -0.25) is 9.59 Å². The van der Waals surface area contributed by atoms with Gasteiger partial charge in [0.15, 0.2) is 0 Å². The van der Waals surface area contributed by atoms with E-state index in [0.717, 1.165) is 17.5 Å². The number of benzene rings is 1. The standard InChI is InChI=1S/C18H19N3O4/c22-13-5-4-11-2-1-3-14(15(11)10-13)17(23)21-8-6-12(7-9-21)16-19-20-18(24)25-16/h1-3,12H,4-10H2,(H,20,24). The van der Waals surface area contributed by atoms with Crippen molar-refractivity contribution in [3.63, 3.8) is 0 Å². The molecule has 1 saturated heterocycles. The van der Waals surface area contributed by atoms with Crippen molar-refractivity contribution in [1.29, 1.82) is 0 Å². The number of amides is 1. The number of Topliss-reactive ketones (excluding diaryl/α,β-unsaturated/α-hetero) is 1. The first kappa shape index (κ1) is 15.8. The minimum absolute atomic E-state index is 0.0199. The second-order valence-corrected chi connectivity index (χ2v) is 6.68. The summed E-state index contributed by atoms with van der Waals surface area (Å²) in [7, 11) is 0. The fraction of sp³-hybridized carbons (Fsp3) is 0.444. The van der Waals surface area contributed by atoms with E-state index in [4.69, 9.17) is 4.42 Å². The van der Waals surface area contributed by atoms with Gasteiger partial charge in [-0.2, -0.15) is 0 Å². The van der Waals surface area contributed by atoms with Crippen molar-refractivity contribution in [2.24, 2.45) is 0 Å². The van der Waals surface area contributed by atoms with Crippen molar-refractivity contribution in [1.82, 2.24) is 15.1 Å². The molecule has 1 aliphatic heterocycles. The summed E-state index contributed by atoms with van der Waals surface area (Å²) in [5.41, 5.74) is 2.65. The molecule has 7 nitrogen and oxygen atoms in total. The molecule has 2 aromatic rings. The number of H-pyrrole nitrogens is 1. The van der Waals surface area contributed by atoms with Gasteiger partial charge < -0.3 is 9.32 Å². The van der Waals surface area contributed by atoms with E-state index in [0.29, 0.717) is 50.2 Å². The predicted molar refractivity (Wildman–Crippen MR) is 88.5 cm³/mol. The van der Waals surface area contributed by atoms with E-state index in [2.05, 4.69) is 10.2 Å². The number of aryl methyl sites for hydroxylation is 1. The van der Waals surface area contributed by atoms with Gasteiger partial charge in [-0.1, -0.05) is 12.1 Å². The van der Waals surface area contributed by atoms with Crippen LogP contribution in [0, 0.1) is 0 Å². The van der Waals surface area contributed by atoms with Crippen LogP contribution in [0.25, 0.3) is 0 Å². The fourth-order valence-corrected chi connectivity index (χ4v) is 3.75. The molecule has 1 aromatic carbocycles. The van der Waals surface area contributed by atoms with Crippen LogP contribution in [-0.4, -0.2) is 39.9 Å². The molecule has 1 amide bonds. The lowest BCUT2D eigenvalue weighted by molar-refractivity contribution is -0.118. The predicted octanol–water partition coefficient (Wildman–Crippen LogP) is 1.44. The molecule has 7 heteroatoms. The summed E-state index contributed by atoms with van der Waals surface area (Å²) in [6.07, 6.45) is 3.04. The lowest BCUT2D eigenvalue weighted by Crippen LogP contribution is -2.38. The summed E-state index contributed by atoms with van der Waals surface area (Å²) in [5, 5.41) is 6.17. The zero-order valence-electron chi connectivity index (χ0n) is 13.8. The van der Waals surface area contributed by atoms with Crippen LogP contribution in [0.1, 0.15) is 52.6 Å². The zero-order valence-corrected chi connectivity index (χ0v) is 13.8. The molecule has 4 rings (SSSR count). The van der Waals surface area contributed by atoms with E-state index in [9.17, 15) is 14.4 Å². The molecule has 0 bridgehead atoms. The number of nitrogens with one attached hydrogen (secondary N) is 1. The first-order valence-corrected chi connectivity index (χ1v) is 8.59. The molecule has 1 fully saturated rings. The van der Waals surface area contributed by atoms with Crippen LogP contribution in [0.15, 0.2) is 27.4 Å². The van der Waals surface area contributed by atoms with E-state index in [1.807, 2.05) is 23.1 Å². The first-order chi connectivity index (χ1) is 12.1. The minimum atomic E-state index is -0.547. The lowest BCUT2D eigenvalue weighted by Gasteiger charge is -2.31. The summed E-state index contributed by atoms with van der Waals surface area (Å²) in [4.78, 5) is 37.6. The lowest BCUT2D eigenvalue weighted by atomic mass is 9.86. The van der Waals surface area contributed by atoms with Crippen molar-refractivity contribution < 1.29 is 14.0 Å². The molecular weight excluding hydrogens is 322 g/mol. The zero-order chi connectivity index (χ0) is 17.4. The molecule has 0 atom stereocenters. The second kappa shape index (κ2) is 6.31. The van der Waals surface area contributed by atoms with Crippen LogP contribution >= 0.6 is 0 Å². The molecule has 1 aromatic heterocycles. The van der Waals surface area contributed by atoms with Crippen molar-refractivity contribution >= 4 is 11.7 Å². The number of nitrogens with zero attached hydrogens (tertiary/aromatic N) is 2. The molecule has 2 heterocycles. The van der Waals surface area contributed by atoms with Crippen LogP contribution in [0.5, 0.6) is 0 Å². The van der Waals surface area contributed by atoms with Gasteiger partial charge in [0.05, 0.1) is 0 Å². The average molecular weight is 341 g/mol. The Morgan fingerprint density at radius 1 is 1.20 bits per heavy atom. The Labute approximate surface area is 144 Å². The molecule has 0 spiro atoms. The van der Waals surface area contributed by atoms with Gasteiger partial charge in [0.2, 0.25) is 5.89 Å². The van der Waals surface area contributed by atoms with Crippen LogP contribution in [0.3, 0.4) is 0 Å². The number of likely N-dealkylation sites (tertiary alicyclic amines) is 1. The second-order valence-electron chi connectivity index (χ2n) is 6.68. The number of carbonyl (C=O) groups excluding carboxylic acids is 2. The third-order valence-electron chi connectivity index (χ3n) is 5.14. The highest BCUT2D eigenvalue weighted by Crippen LogP contribution is 2.28. The number of fused-ring (bicyclic) bond motifs is 1. The normalized spacial score (nSPS) is 18.2. The molecule has 0 radical (unpaired) electrons. The highest BCUT2D eigenvalue weighted by atomic mass is 16.4. The van der Waals surface area contributed by atoms with E-state index in [1.54, 1.807) is 0 Å². The monoisotopic (exact) mass is 341 g/mol. The number of aromatic nitrogens is 2. The number of aromatic amines is 1. The highest BCUT2D eigenvalue weighted by molar-refractivity contribution is 5.98. The molecule has 1 aliphatic carbocycles. The molecular formula is C18H19N3O4. The number of hydrogen-bond acceptors (Lipinski definition) is 5. The Bertz CT molecular complexity index is 874. The summed E-state index contributed by atoms with van der Waals surface area (Å²) in [6, 6.07) is 5.72. The van der Waals surface area contributed by atoms with Gasteiger partial charge in [-0.15, -0.1) is 5.10 Å². The molecule has 1 N–H and O–H groups in total. The van der Waals surface area contributed by atoms with Gasteiger partial charge in [0.25, 0.3) is 5.91 Å². The quantitative estimate of drug-likeness (QED) is 0.891. The van der Waals surface area contributed by atoms with Gasteiger partial charge >= 0.3 is 5.76 Å². The first-order valence-electron chi connectivity index (χ1n) is 8.59. The Morgan fingerprint density at radius 3 is 2.72 bits per heavy atom. The van der Waals surface area contributed by atoms with Crippen molar-refractivity contribution in [3.05, 3.63) is 51.3 Å². The Morgan fingerprint density at radius 2 is 2.00 bits per heavy atom. The average Bonchev–Trinajstić information content (AvgIpc) is 3.07. The van der Waals surface area contributed by atoms with Crippen molar-refractivity contribution in [2.45, 2.75) is 38.0 Å². The number of piperidine rings is 1. The van der Waals surface area contributed by atoms with Crippen LogP contribution in [0.2, 0.25) is 0 Å². The van der Waals surface area contributed by atoms with Crippen LogP contribution < -0.4 is 5.76 Å². The van der Waals surface area contributed by atoms with E-state index < -0.39 is 5.76 Å². The third-order valence-corrected chi connectivity index (χ3v) is 5.14. The topological polar surface area (TPSA) is 96.3 Å².